The Kier molecular flexibility index (Phi) is 4.11. The Hall–Kier alpha value is -0.860. The molecule has 0 fully saturated rings. The third kappa shape index (κ3) is 2.72. The number of nitrogens with zero attached hydrogens (tertiary/aromatic N) is 2. The largest absolute Gasteiger partial charge is 0.319 e. The van der Waals surface area contributed by atoms with Gasteiger partial charge in [-0.15, -0.1) is 15.7 Å². The van der Waals surface area contributed by atoms with Gasteiger partial charge in [0.25, 0.3) is 10.0 Å². The number of halogens is 2. The number of fused-ring (bicyclic) bond motifs is 1. The zero-order valence-electron chi connectivity index (χ0n) is 11.5. The Balaban J connectivity index is 2.29. The average molecular weight is 393 g/mol. The van der Waals surface area contributed by atoms with Gasteiger partial charge >= 0.3 is 0 Å². The van der Waals surface area contributed by atoms with E-state index >= 15 is 0 Å². The molecular weight excluding hydrogens is 383 g/mol. The monoisotopic (exact) mass is 392 g/mol. The number of thiophene rings is 1. The minimum atomic E-state index is -3.78. The molecule has 0 atom stereocenters. The smallest absolute Gasteiger partial charge is 0.294 e. The molecule has 0 saturated carbocycles. The van der Waals surface area contributed by atoms with E-state index in [9.17, 15) is 8.42 Å². The van der Waals surface area contributed by atoms with E-state index in [-0.39, 0.29) is 4.21 Å². The van der Waals surface area contributed by atoms with Crippen LogP contribution < -0.4 is 4.80 Å². The summed E-state index contributed by atoms with van der Waals surface area (Å²) in [5, 5.41) is 0.583. The Morgan fingerprint density at radius 2 is 1.86 bits per heavy atom. The summed E-state index contributed by atoms with van der Waals surface area (Å²) in [5.41, 5.74) is 1.90. The van der Waals surface area contributed by atoms with Gasteiger partial charge in [-0.3, -0.25) is 0 Å². The molecule has 0 aliphatic rings. The summed E-state index contributed by atoms with van der Waals surface area (Å²) in [6.45, 7) is 1.95. The lowest BCUT2D eigenvalue weighted by Crippen LogP contribution is -2.13. The van der Waals surface area contributed by atoms with Crippen molar-refractivity contribution in [3.63, 3.8) is 0 Å². The molecule has 9 heteroatoms. The summed E-state index contributed by atoms with van der Waals surface area (Å²) < 4.78 is 31.8. The SMILES string of the molecule is Cc1ccc(Cl)c2s/c(=N\S(=O)(=O)c3ccc(Cl)s3)n(C)c12. The fraction of sp³-hybridized carbons (Fsp3) is 0.154. The van der Waals surface area contributed by atoms with Gasteiger partial charge in [0, 0.05) is 7.05 Å². The first-order valence-corrected chi connectivity index (χ1v) is 9.93. The topological polar surface area (TPSA) is 51.4 Å². The summed E-state index contributed by atoms with van der Waals surface area (Å²) in [4.78, 5) is 0.371. The van der Waals surface area contributed by atoms with Crippen molar-refractivity contribution in [3.8, 4) is 0 Å². The summed E-state index contributed by atoms with van der Waals surface area (Å²) in [5.74, 6) is 0. The fourth-order valence-corrected chi connectivity index (χ4v) is 6.14. The Morgan fingerprint density at radius 3 is 2.45 bits per heavy atom. The van der Waals surface area contributed by atoms with Crippen LogP contribution in [-0.4, -0.2) is 13.0 Å². The molecule has 2 heterocycles. The second-order valence-electron chi connectivity index (χ2n) is 4.61. The second-order valence-corrected chi connectivity index (χ2v) is 9.54. The van der Waals surface area contributed by atoms with Crippen LogP contribution in [0.1, 0.15) is 5.56 Å². The number of hydrogen-bond acceptors (Lipinski definition) is 4. The van der Waals surface area contributed by atoms with Crippen LogP contribution >= 0.6 is 45.9 Å². The van der Waals surface area contributed by atoms with Gasteiger partial charge in [0.05, 0.1) is 19.6 Å². The van der Waals surface area contributed by atoms with Crippen molar-refractivity contribution in [2.75, 3.05) is 0 Å². The molecule has 0 unspecified atom stereocenters. The molecule has 1 aromatic carbocycles. The van der Waals surface area contributed by atoms with Gasteiger partial charge in [0.15, 0.2) is 0 Å². The molecule has 116 valence electrons. The molecule has 0 spiro atoms. The summed E-state index contributed by atoms with van der Waals surface area (Å²) in [6, 6.07) is 6.69. The van der Waals surface area contributed by atoms with Crippen LogP contribution in [0.2, 0.25) is 9.36 Å². The quantitative estimate of drug-likeness (QED) is 0.655. The van der Waals surface area contributed by atoms with Crippen LogP contribution in [0.25, 0.3) is 10.2 Å². The van der Waals surface area contributed by atoms with Crippen molar-refractivity contribution in [3.05, 3.63) is 44.0 Å². The van der Waals surface area contributed by atoms with Crippen molar-refractivity contribution < 1.29 is 8.42 Å². The van der Waals surface area contributed by atoms with Crippen molar-refractivity contribution >= 4 is 66.1 Å². The first-order chi connectivity index (χ1) is 10.3. The van der Waals surface area contributed by atoms with Crippen molar-refractivity contribution in [2.45, 2.75) is 11.1 Å². The first-order valence-electron chi connectivity index (χ1n) is 6.10. The maximum absolute atomic E-state index is 12.4. The molecule has 0 aliphatic heterocycles. The van der Waals surface area contributed by atoms with E-state index in [0.29, 0.717) is 14.2 Å². The van der Waals surface area contributed by atoms with Gasteiger partial charge in [-0.2, -0.15) is 8.42 Å². The number of thiazole rings is 1. The number of aryl methyl sites for hydroxylation is 2. The third-order valence-corrected chi connectivity index (χ3v) is 7.78. The minimum Gasteiger partial charge on any atom is -0.319 e. The number of benzene rings is 1. The summed E-state index contributed by atoms with van der Waals surface area (Å²) in [7, 11) is -2.01. The van der Waals surface area contributed by atoms with Crippen LogP contribution in [0, 0.1) is 6.92 Å². The number of hydrogen-bond donors (Lipinski definition) is 0. The standard InChI is InChI=1S/C13H10Cl2N2O2S3/c1-7-3-4-8(14)12-11(7)17(2)13(21-12)16-22(18,19)10-6-5-9(15)20-10/h3-6H,1-2H3/b16-13-. The molecule has 0 bridgehead atoms. The molecule has 2 aromatic heterocycles. The van der Waals surface area contributed by atoms with E-state index in [4.69, 9.17) is 23.2 Å². The number of rotatable bonds is 2. The van der Waals surface area contributed by atoms with Gasteiger partial charge in [-0.1, -0.05) is 40.6 Å². The Morgan fingerprint density at radius 1 is 1.14 bits per heavy atom. The van der Waals surface area contributed by atoms with Crippen molar-refractivity contribution in [1.82, 2.24) is 4.57 Å². The molecule has 3 aromatic rings. The average Bonchev–Trinajstić information content (AvgIpc) is 3.01. The molecule has 0 N–H and O–H groups in total. The number of sulfonamides is 1. The lowest BCUT2D eigenvalue weighted by molar-refractivity contribution is 0.598. The van der Waals surface area contributed by atoms with Crippen LogP contribution in [0.5, 0.6) is 0 Å². The molecule has 0 amide bonds. The molecule has 3 rings (SSSR count). The van der Waals surface area contributed by atoms with Crippen molar-refractivity contribution in [2.24, 2.45) is 11.4 Å². The van der Waals surface area contributed by atoms with Gasteiger partial charge in [-0.25, -0.2) is 0 Å². The zero-order chi connectivity index (χ0) is 16.1. The highest BCUT2D eigenvalue weighted by Crippen LogP contribution is 2.29. The molecule has 4 nitrogen and oxygen atoms in total. The highest BCUT2D eigenvalue weighted by molar-refractivity contribution is 7.92. The Labute approximate surface area is 145 Å². The van der Waals surface area contributed by atoms with Crippen molar-refractivity contribution in [1.29, 1.82) is 0 Å². The van der Waals surface area contributed by atoms with Gasteiger partial charge in [0.1, 0.15) is 4.21 Å². The van der Waals surface area contributed by atoms with Crippen LogP contribution in [0.15, 0.2) is 32.9 Å². The highest BCUT2D eigenvalue weighted by atomic mass is 35.5. The summed E-state index contributed by atoms with van der Waals surface area (Å²) >= 11 is 14.2. The van der Waals surface area contributed by atoms with E-state index < -0.39 is 10.0 Å². The zero-order valence-corrected chi connectivity index (χ0v) is 15.5. The van der Waals surface area contributed by atoms with E-state index in [2.05, 4.69) is 4.40 Å². The lowest BCUT2D eigenvalue weighted by atomic mass is 10.2. The Bertz CT molecular complexity index is 1050. The van der Waals surface area contributed by atoms with Crippen LogP contribution in [-0.2, 0) is 17.1 Å². The van der Waals surface area contributed by atoms with Gasteiger partial charge < -0.3 is 4.57 Å². The number of aromatic nitrogens is 1. The molecule has 0 saturated heterocycles. The van der Waals surface area contributed by atoms with Gasteiger partial charge in [0.2, 0.25) is 4.80 Å². The van der Waals surface area contributed by atoms with E-state index in [1.165, 1.54) is 17.4 Å². The maximum Gasteiger partial charge on any atom is 0.294 e. The molecular formula is C13H10Cl2N2O2S3. The fourth-order valence-electron chi connectivity index (χ4n) is 2.08. The summed E-state index contributed by atoms with van der Waals surface area (Å²) in [6.07, 6.45) is 0. The molecule has 22 heavy (non-hydrogen) atoms. The first kappa shape index (κ1) is 16.0. The van der Waals surface area contributed by atoms with E-state index in [1.54, 1.807) is 23.7 Å². The van der Waals surface area contributed by atoms with E-state index in [1.807, 2.05) is 13.0 Å². The van der Waals surface area contributed by atoms with E-state index in [0.717, 1.165) is 27.1 Å². The van der Waals surface area contributed by atoms with Crippen LogP contribution in [0.3, 0.4) is 0 Å². The predicted molar refractivity (Wildman–Crippen MR) is 92.6 cm³/mol. The minimum absolute atomic E-state index is 0.123. The third-order valence-electron chi connectivity index (χ3n) is 3.10. The lowest BCUT2D eigenvalue weighted by Gasteiger charge is -2.00. The van der Waals surface area contributed by atoms with Crippen LogP contribution in [0.4, 0.5) is 0 Å². The second kappa shape index (κ2) is 5.65. The van der Waals surface area contributed by atoms with Gasteiger partial charge in [-0.05, 0) is 30.7 Å². The normalized spacial score (nSPS) is 13.2. The molecule has 0 aliphatic carbocycles. The maximum atomic E-state index is 12.4. The predicted octanol–water partition coefficient (Wildman–Crippen LogP) is 4.21. The highest BCUT2D eigenvalue weighted by Gasteiger charge is 2.17. The molecule has 0 radical (unpaired) electrons.